The first-order chi connectivity index (χ1) is 12.6. The molecule has 1 rings (SSSR count). The van der Waals surface area contributed by atoms with E-state index in [4.69, 9.17) is 4.74 Å². The fourth-order valence-corrected chi connectivity index (χ4v) is 2.35. The summed E-state index contributed by atoms with van der Waals surface area (Å²) in [4.78, 5) is 29.8. The van der Waals surface area contributed by atoms with E-state index in [1.807, 2.05) is 20.8 Å². The predicted molar refractivity (Wildman–Crippen MR) is 123 cm³/mol. The molecule has 1 unspecified atom stereocenters. The average Bonchev–Trinajstić information content (AvgIpc) is 3.38. The Kier molecular flexibility index (Phi) is 12.5. The lowest BCUT2D eigenvalue weighted by Crippen LogP contribution is -2.49. The van der Waals surface area contributed by atoms with E-state index in [2.05, 4.69) is 27.9 Å². The molecule has 0 radical (unpaired) electrons. The molecule has 1 aliphatic rings. The zero-order valence-electron chi connectivity index (χ0n) is 18.1. The number of hydrogen-bond donors (Lipinski definition) is 3. The van der Waals surface area contributed by atoms with Crippen LogP contribution in [0.15, 0.2) is 4.99 Å². The highest BCUT2D eigenvalue weighted by Crippen LogP contribution is 2.32. The third kappa shape index (κ3) is 12.2. The standard InChI is InChI=1S/C19H37N5O3.HI/c1-7-8-11-20-17(22-13-16(25)24(5)6)21-12-15(14-9-10-14)23-18(26)27-19(2,3)4;/h14-15H,7-13H2,1-6H3,(H,23,26)(H2,20,21,22);1H. The van der Waals surface area contributed by atoms with Crippen molar-refractivity contribution in [2.45, 2.75) is 65.0 Å². The summed E-state index contributed by atoms with van der Waals surface area (Å²) >= 11 is 0. The van der Waals surface area contributed by atoms with Gasteiger partial charge in [-0.2, -0.15) is 0 Å². The van der Waals surface area contributed by atoms with Gasteiger partial charge in [0.1, 0.15) is 12.1 Å². The van der Waals surface area contributed by atoms with Crippen molar-refractivity contribution in [3.05, 3.63) is 0 Å². The van der Waals surface area contributed by atoms with Crippen molar-refractivity contribution in [3.8, 4) is 0 Å². The van der Waals surface area contributed by atoms with E-state index < -0.39 is 11.7 Å². The molecule has 28 heavy (non-hydrogen) atoms. The highest BCUT2D eigenvalue weighted by atomic mass is 127. The Morgan fingerprint density at radius 2 is 1.86 bits per heavy atom. The van der Waals surface area contributed by atoms with Crippen LogP contribution < -0.4 is 16.0 Å². The minimum Gasteiger partial charge on any atom is -0.444 e. The van der Waals surface area contributed by atoms with E-state index in [-0.39, 0.29) is 42.5 Å². The molecule has 164 valence electrons. The molecule has 8 nitrogen and oxygen atoms in total. The summed E-state index contributed by atoms with van der Waals surface area (Å²) in [5.74, 6) is 0.984. The summed E-state index contributed by atoms with van der Waals surface area (Å²) in [7, 11) is 3.42. The smallest absolute Gasteiger partial charge is 0.407 e. The van der Waals surface area contributed by atoms with Gasteiger partial charge in [-0.3, -0.25) is 4.79 Å². The molecule has 0 saturated heterocycles. The second-order valence-corrected chi connectivity index (χ2v) is 8.20. The fourth-order valence-electron chi connectivity index (χ4n) is 2.35. The first kappa shape index (κ1) is 26.7. The number of carbonyl (C=O) groups is 2. The number of nitrogens with zero attached hydrogens (tertiary/aromatic N) is 2. The van der Waals surface area contributed by atoms with E-state index in [0.717, 1.165) is 32.2 Å². The largest absolute Gasteiger partial charge is 0.444 e. The van der Waals surface area contributed by atoms with Crippen LogP contribution >= 0.6 is 24.0 Å². The number of aliphatic imine (C=N–C) groups is 1. The number of amides is 2. The monoisotopic (exact) mass is 511 g/mol. The van der Waals surface area contributed by atoms with Crippen LogP contribution in [0.4, 0.5) is 4.79 Å². The first-order valence-corrected chi connectivity index (χ1v) is 9.84. The van der Waals surface area contributed by atoms with E-state index in [1.54, 1.807) is 14.1 Å². The lowest BCUT2D eigenvalue weighted by molar-refractivity contribution is -0.127. The fraction of sp³-hybridized carbons (Fsp3) is 0.842. The molecule has 1 atom stereocenters. The van der Waals surface area contributed by atoms with Gasteiger partial charge in [0.15, 0.2) is 5.96 Å². The van der Waals surface area contributed by atoms with Crippen LogP contribution in [-0.2, 0) is 9.53 Å². The molecule has 1 saturated carbocycles. The number of rotatable bonds is 9. The summed E-state index contributed by atoms with van der Waals surface area (Å²) in [6, 6.07) is -0.0254. The van der Waals surface area contributed by atoms with E-state index in [1.165, 1.54) is 4.90 Å². The summed E-state index contributed by atoms with van der Waals surface area (Å²) in [6.45, 7) is 9.07. The van der Waals surface area contributed by atoms with Crippen LogP contribution in [-0.4, -0.2) is 68.2 Å². The van der Waals surface area contributed by atoms with Crippen molar-refractivity contribution < 1.29 is 14.3 Å². The molecular weight excluding hydrogens is 473 g/mol. The maximum atomic E-state index is 12.1. The average molecular weight is 511 g/mol. The number of ether oxygens (including phenoxy) is 1. The van der Waals surface area contributed by atoms with Crippen LogP contribution in [0.3, 0.4) is 0 Å². The minimum absolute atomic E-state index is 0. The zero-order chi connectivity index (χ0) is 20.4. The van der Waals surface area contributed by atoms with E-state index in [9.17, 15) is 9.59 Å². The summed E-state index contributed by atoms with van der Waals surface area (Å²) in [6.07, 6.45) is 3.88. The number of guanidine groups is 1. The molecule has 0 aliphatic heterocycles. The Labute approximate surface area is 186 Å². The van der Waals surface area contributed by atoms with Gasteiger partial charge >= 0.3 is 6.09 Å². The summed E-state index contributed by atoms with van der Waals surface area (Å²) in [5, 5.41) is 9.47. The second kappa shape index (κ2) is 13.1. The van der Waals surface area contributed by atoms with Crippen molar-refractivity contribution in [1.29, 1.82) is 0 Å². The molecule has 9 heteroatoms. The second-order valence-electron chi connectivity index (χ2n) is 8.20. The Morgan fingerprint density at radius 3 is 2.36 bits per heavy atom. The summed E-state index contributed by atoms with van der Waals surface area (Å²) in [5.41, 5.74) is -0.521. The van der Waals surface area contributed by atoms with Crippen LogP contribution in [0, 0.1) is 5.92 Å². The zero-order valence-corrected chi connectivity index (χ0v) is 20.5. The number of nitrogens with one attached hydrogen (secondary N) is 3. The third-order valence-corrected chi connectivity index (χ3v) is 4.08. The quantitative estimate of drug-likeness (QED) is 0.191. The molecule has 0 bridgehead atoms. The van der Waals surface area contributed by atoms with Gasteiger partial charge in [-0.25, -0.2) is 9.79 Å². The molecule has 1 fully saturated rings. The third-order valence-electron chi connectivity index (χ3n) is 4.08. The Bertz CT molecular complexity index is 516. The van der Waals surface area contributed by atoms with Crippen molar-refractivity contribution >= 4 is 41.9 Å². The van der Waals surface area contributed by atoms with Gasteiger partial charge in [0.2, 0.25) is 5.91 Å². The molecule has 0 aromatic rings. The maximum Gasteiger partial charge on any atom is 0.407 e. The topological polar surface area (TPSA) is 95.1 Å². The molecule has 0 aromatic heterocycles. The van der Waals surface area contributed by atoms with Gasteiger partial charge in [-0.1, -0.05) is 13.3 Å². The highest BCUT2D eigenvalue weighted by Gasteiger charge is 2.33. The Hall–Kier alpha value is -1.26. The number of likely N-dealkylation sites (N-methyl/N-ethyl adjacent to an activating group) is 1. The van der Waals surface area contributed by atoms with Crippen LogP contribution in [0.25, 0.3) is 0 Å². The van der Waals surface area contributed by atoms with E-state index in [0.29, 0.717) is 18.4 Å². The molecule has 0 aromatic carbocycles. The number of alkyl carbamates (subject to hydrolysis) is 1. The van der Waals surface area contributed by atoms with Gasteiger partial charge < -0.3 is 25.6 Å². The molecule has 1 aliphatic carbocycles. The molecular formula is C19H38IN5O3. The highest BCUT2D eigenvalue weighted by molar-refractivity contribution is 14.0. The first-order valence-electron chi connectivity index (χ1n) is 9.84. The van der Waals surface area contributed by atoms with Gasteiger partial charge in [0.05, 0.1) is 6.04 Å². The van der Waals surface area contributed by atoms with Gasteiger partial charge in [0, 0.05) is 27.2 Å². The molecule has 0 heterocycles. The molecule has 0 spiro atoms. The lowest BCUT2D eigenvalue weighted by atomic mass is 10.2. The van der Waals surface area contributed by atoms with Crippen molar-refractivity contribution in [1.82, 2.24) is 20.9 Å². The van der Waals surface area contributed by atoms with Gasteiger partial charge in [-0.15, -0.1) is 24.0 Å². The van der Waals surface area contributed by atoms with Crippen LogP contribution in [0.5, 0.6) is 0 Å². The van der Waals surface area contributed by atoms with Gasteiger partial charge in [-0.05, 0) is 46.0 Å². The van der Waals surface area contributed by atoms with Gasteiger partial charge in [0.25, 0.3) is 0 Å². The number of unbranched alkanes of at least 4 members (excludes halogenated alkanes) is 1. The lowest BCUT2D eigenvalue weighted by Gasteiger charge is -2.24. The summed E-state index contributed by atoms with van der Waals surface area (Å²) < 4.78 is 5.36. The van der Waals surface area contributed by atoms with E-state index >= 15 is 0 Å². The van der Waals surface area contributed by atoms with Crippen molar-refractivity contribution in [3.63, 3.8) is 0 Å². The number of halogens is 1. The van der Waals surface area contributed by atoms with Crippen molar-refractivity contribution in [2.24, 2.45) is 10.9 Å². The Morgan fingerprint density at radius 1 is 1.21 bits per heavy atom. The molecule has 2 amide bonds. The van der Waals surface area contributed by atoms with Crippen molar-refractivity contribution in [2.75, 3.05) is 33.7 Å². The minimum atomic E-state index is -0.521. The molecule has 3 N–H and O–H groups in total. The normalized spacial score (nSPS) is 15.1. The number of carbonyl (C=O) groups excluding carboxylic acids is 2. The van der Waals surface area contributed by atoms with Crippen LogP contribution in [0.1, 0.15) is 53.4 Å². The van der Waals surface area contributed by atoms with Crippen LogP contribution in [0.2, 0.25) is 0 Å². The SMILES string of the molecule is CCCCNC(=NCC(=O)N(C)C)NCC(NC(=O)OC(C)(C)C)C1CC1.I. The Balaban J connectivity index is 0.00000729. The predicted octanol–water partition coefficient (Wildman–Crippen LogP) is 2.33. The maximum absolute atomic E-state index is 12.1. The number of hydrogen-bond acceptors (Lipinski definition) is 4.